The Morgan fingerprint density at radius 3 is 3.12 bits per heavy atom. The fraction of sp³-hybridized carbons (Fsp3) is 0.667. The number of carbonyl (C=O) groups excluding carboxylic acids is 1. The van der Waals surface area contributed by atoms with Crippen LogP contribution in [-0.4, -0.2) is 40.0 Å². The topological polar surface area (TPSA) is 50.2 Å². The number of nitrogens with zero attached hydrogens (tertiary/aromatic N) is 3. The van der Waals surface area contributed by atoms with Gasteiger partial charge in [-0.2, -0.15) is 0 Å². The minimum absolute atomic E-state index is 0.00282. The van der Waals surface area contributed by atoms with Crippen LogP contribution in [0.2, 0.25) is 0 Å². The van der Waals surface area contributed by atoms with Gasteiger partial charge in [0.15, 0.2) is 0 Å². The molecule has 1 amide bonds. The van der Waals surface area contributed by atoms with Crippen molar-refractivity contribution in [1.82, 2.24) is 14.5 Å². The number of rotatable bonds is 3. The second kappa shape index (κ2) is 4.77. The van der Waals surface area contributed by atoms with E-state index in [-0.39, 0.29) is 11.9 Å². The summed E-state index contributed by atoms with van der Waals surface area (Å²) in [5.74, 6) is 0.820. The Kier molecular flexibility index (Phi) is 3.36. The molecule has 2 rings (SSSR count). The van der Waals surface area contributed by atoms with E-state index in [0.29, 0.717) is 5.69 Å². The second-order valence-corrected chi connectivity index (χ2v) is 4.60. The van der Waals surface area contributed by atoms with Crippen LogP contribution in [0.15, 0.2) is 6.20 Å². The van der Waals surface area contributed by atoms with Gasteiger partial charge in [-0.15, -0.1) is 0 Å². The molecule has 5 heteroatoms. The molecule has 0 saturated carbocycles. The van der Waals surface area contributed by atoms with Crippen LogP contribution in [0.4, 0.5) is 5.95 Å². The van der Waals surface area contributed by atoms with Crippen LogP contribution in [0.3, 0.4) is 0 Å². The zero-order chi connectivity index (χ0) is 12.4. The summed E-state index contributed by atoms with van der Waals surface area (Å²) in [6.07, 6.45) is 3.88. The first-order valence-electron chi connectivity index (χ1n) is 6.21. The average molecular weight is 236 g/mol. The highest BCUT2D eigenvalue weighted by molar-refractivity contribution is 5.92. The maximum absolute atomic E-state index is 12.2. The van der Waals surface area contributed by atoms with Gasteiger partial charge in [0.05, 0.1) is 0 Å². The van der Waals surface area contributed by atoms with E-state index in [0.717, 1.165) is 31.9 Å². The molecule has 0 radical (unpaired) electrons. The van der Waals surface area contributed by atoms with Crippen LogP contribution in [0, 0.1) is 0 Å². The van der Waals surface area contributed by atoms with Crippen molar-refractivity contribution in [3.63, 3.8) is 0 Å². The number of hydrogen-bond acceptors (Lipinski definition) is 3. The fourth-order valence-electron chi connectivity index (χ4n) is 1.93. The quantitative estimate of drug-likeness (QED) is 0.866. The lowest BCUT2D eigenvalue weighted by Gasteiger charge is -2.22. The van der Waals surface area contributed by atoms with Crippen LogP contribution in [0.25, 0.3) is 0 Å². The van der Waals surface area contributed by atoms with Crippen molar-refractivity contribution in [2.75, 3.05) is 18.9 Å². The molecule has 5 nitrogen and oxygen atoms in total. The van der Waals surface area contributed by atoms with E-state index in [9.17, 15) is 4.79 Å². The highest BCUT2D eigenvalue weighted by Crippen LogP contribution is 2.16. The number of imidazole rings is 1. The highest BCUT2D eigenvalue weighted by atomic mass is 16.2. The predicted molar refractivity (Wildman–Crippen MR) is 67.2 cm³/mol. The molecule has 0 spiro atoms. The first kappa shape index (κ1) is 12.0. The molecule has 0 bridgehead atoms. The number of anilines is 1. The molecule has 17 heavy (non-hydrogen) atoms. The van der Waals surface area contributed by atoms with Gasteiger partial charge in [0, 0.05) is 32.4 Å². The summed E-state index contributed by atoms with van der Waals surface area (Å²) >= 11 is 0. The Hall–Kier alpha value is -1.52. The van der Waals surface area contributed by atoms with E-state index in [1.165, 1.54) is 0 Å². The first-order valence-corrected chi connectivity index (χ1v) is 6.21. The van der Waals surface area contributed by atoms with Crippen LogP contribution in [0.5, 0.6) is 0 Å². The molecule has 0 fully saturated rings. The summed E-state index contributed by atoms with van der Waals surface area (Å²) in [7, 11) is 1.84. The summed E-state index contributed by atoms with van der Waals surface area (Å²) in [6, 6.07) is 0.245. The molecule has 0 aliphatic carbocycles. The van der Waals surface area contributed by atoms with Gasteiger partial charge < -0.3 is 14.8 Å². The summed E-state index contributed by atoms with van der Waals surface area (Å²) < 4.78 is 2.02. The number of hydrogen-bond donors (Lipinski definition) is 1. The Balaban J connectivity index is 2.17. The van der Waals surface area contributed by atoms with Crippen molar-refractivity contribution < 1.29 is 4.79 Å². The van der Waals surface area contributed by atoms with E-state index < -0.39 is 0 Å². The molecule has 1 aliphatic heterocycles. The summed E-state index contributed by atoms with van der Waals surface area (Å²) in [6.45, 7) is 6.00. The van der Waals surface area contributed by atoms with Gasteiger partial charge in [-0.05, 0) is 19.8 Å². The van der Waals surface area contributed by atoms with Crippen LogP contribution >= 0.6 is 0 Å². The lowest BCUT2D eigenvalue weighted by Crippen LogP contribution is -2.34. The lowest BCUT2D eigenvalue weighted by molar-refractivity contribution is 0.0735. The minimum atomic E-state index is 0.00282. The normalized spacial score (nSPS) is 15.9. The van der Waals surface area contributed by atoms with Gasteiger partial charge >= 0.3 is 0 Å². The van der Waals surface area contributed by atoms with E-state index in [2.05, 4.69) is 17.2 Å². The average Bonchev–Trinajstić information content (AvgIpc) is 2.79. The maximum atomic E-state index is 12.2. The van der Waals surface area contributed by atoms with Crippen molar-refractivity contribution in [2.45, 2.75) is 39.3 Å². The fourth-order valence-corrected chi connectivity index (χ4v) is 1.93. The third kappa shape index (κ3) is 2.28. The summed E-state index contributed by atoms with van der Waals surface area (Å²) in [4.78, 5) is 18.3. The van der Waals surface area contributed by atoms with Crippen LogP contribution in [-0.2, 0) is 6.54 Å². The van der Waals surface area contributed by atoms with E-state index in [4.69, 9.17) is 0 Å². The van der Waals surface area contributed by atoms with Crippen molar-refractivity contribution in [2.24, 2.45) is 0 Å². The number of fused-ring (bicyclic) bond motifs is 1. The maximum Gasteiger partial charge on any atom is 0.274 e. The molecule has 2 heterocycles. The Morgan fingerprint density at radius 1 is 1.71 bits per heavy atom. The van der Waals surface area contributed by atoms with Gasteiger partial charge in [0.2, 0.25) is 5.95 Å². The molecular weight excluding hydrogens is 216 g/mol. The van der Waals surface area contributed by atoms with Crippen molar-refractivity contribution in [3.8, 4) is 0 Å². The van der Waals surface area contributed by atoms with Crippen molar-refractivity contribution in [1.29, 1.82) is 0 Å². The summed E-state index contributed by atoms with van der Waals surface area (Å²) in [5.41, 5.74) is 0.539. The van der Waals surface area contributed by atoms with Crippen LogP contribution < -0.4 is 5.32 Å². The van der Waals surface area contributed by atoms with Gasteiger partial charge in [-0.25, -0.2) is 4.98 Å². The van der Waals surface area contributed by atoms with E-state index in [1.54, 1.807) is 4.90 Å². The third-order valence-electron chi connectivity index (χ3n) is 3.43. The van der Waals surface area contributed by atoms with Crippen molar-refractivity contribution >= 4 is 11.9 Å². The SMILES string of the molecule is CCC(C)N(C)C(=O)c1cn2c(n1)NCCC2. The molecular formula is C12H20N4O. The monoisotopic (exact) mass is 236 g/mol. The van der Waals surface area contributed by atoms with E-state index in [1.807, 2.05) is 24.7 Å². The minimum Gasteiger partial charge on any atom is -0.356 e. The van der Waals surface area contributed by atoms with Gasteiger partial charge in [0.1, 0.15) is 5.69 Å². The third-order valence-corrected chi connectivity index (χ3v) is 3.43. The van der Waals surface area contributed by atoms with Crippen LogP contribution in [0.1, 0.15) is 37.2 Å². The van der Waals surface area contributed by atoms with Gasteiger partial charge in [0.25, 0.3) is 5.91 Å². The molecule has 1 aliphatic rings. The number of aryl methyl sites for hydroxylation is 1. The smallest absolute Gasteiger partial charge is 0.274 e. The highest BCUT2D eigenvalue weighted by Gasteiger charge is 2.21. The zero-order valence-corrected chi connectivity index (χ0v) is 10.7. The number of aromatic nitrogens is 2. The number of nitrogens with one attached hydrogen (secondary N) is 1. The molecule has 1 N–H and O–H groups in total. The molecule has 1 unspecified atom stereocenters. The van der Waals surface area contributed by atoms with Gasteiger partial charge in [-0.3, -0.25) is 4.79 Å². The largest absolute Gasteiger partial charge is 0.356 e. The Bertz CT molecular complexity index is 389. The Morgan fingerprint density at radius 2 is 2.47 bits per heavy atom. The number of amides is 1. The lowest BCUT2D eigenvalue weighted by atomic mass is 10.2. The number of carbonyl (C=O) groups is 1. The van der Waals surface area contributed by atoms with Gasteiger partial charge in [-0.1, -0.05) is 6.92 Å². The molecule has 0 saturated heterocycles. The summed E-state index contributed by atoms with van der Waals surface area (Å²) in [5, 5.41) is 3.20. The molecule has 1 aromatic heterocycles. The Labute approximate surface area is 102 Å². The molecule has 94 valence electrons. The predicted octanol–water partition coefficient (Wildman–Crippen LogP) is 1.57. The first-order chi connectivity index (χ1) is 8.13. The standard InChI is InChI=1S/C12H20N4O/c1-4-9(2)15(3)11(17)10-8-16-7-5-6-13-12(16)14-10/h8-9H,4-7H2,1-3H3,(H,13,14). The zero-order valence-electron chi connectivity index (χ0n) is 10.7. The molecule has 1 atom stereocenters. The molecule has 0 aromatic carbocycles. The molecule has 1 aromatic rings. The second-order valence-electron chi connectivity index (χ2n) is 4.60. The van der Waals surface area contributed by atoms with E-state index >= 15 is 0 Å². The van der Waals surface area contributed by atoms with Crippen molar-refractivity contribution in [3.05, 3.63) is 11.9 Å².